The number of nitrogens with zero attached hydrogens (tertiary/aromatic N) is 1. The van der Waals surface area contributed by atoms with Gasteiger partial charge in [0.2, 0.25) is 5.69 Å². The van der Waals surface area contributed by atoms with Crippen LogP contribution in [0.25, 0.3) is 10.8 Å². The van der Waals surface area contributed by atoms with Crippen molar-refractivity contribution in [2.24, 2.45) is 0 Å². The van der Waals surface area contributed by atoms with Crippen LogP contribution in [0.15, 0.2) is 36.4 Å². The summed E-state index contributed by atoms with van der Waals surface area (Å²) in [6.45, 7) is 0.658. The van der Waals surface area contributed by atoms with Gasteiger partial charge in [-0.2, -0.15) is 44.1 Å². The van der Waals surface area contributed by atoms with Gasteiger partial charge in [-0.25, -0.2) is 0 Å². The van der Waals surface area contributed by atoms with Gasteiger partial charge in [0, 0.05) is 13.0 Å². The average molecular weight is 414 g/mol. The summed E-state index contributed by atoms with van der Waals surface area (Å²) in [6, 6.07) is 9.98. The van der Waals surface area contributed by atoms with Crippen LogP contribution in [0.4, 0.5) is 45.2 Å². The van der Waals surface area contributed by atoms with Crippen molar-refractivity contribution in [2.75, 3.05) is 6.54 Å². The molecule has 3 rings (SSSR count). The van der Waals surface area contributed by atoms with Crippen molar-refractivity contribution in [3.8, 4) is 0 Å². The molecule has 0 spiro atoms. The predicted molar refractivity (Wildman–Crippen MR) is 84.0 cm³/mol. The minimum Gasteiger partial charge on any atom is -0.199 e. The third kappa shape index (κ3) is 2.76. The number of hydrogen-bond donors (Lipinski definition) is 0. The molecule has 2 aromatic carbocycles. The smallest absolute Gasteiger partial charge is 0.199 e. The van der Waals surface area contributed by atoms with E-state index in [9.17, 15) is 39.5 Å². The highest BCUT2D eigenvalue weighted by Gasteiger charge is 2.81. The molecule has 1 aliphatic heterocycles. The molecule has 1 aliphatic rings. The molecule has 0 atom stereocenters. The van der Waals surface area contributed by atoms with E-state index in [0.29, 0.717) is 22.3 Å². The van der Waals surface area contributed by atoms with Crippen molar-refractivity contribution in [3.63, 3.8) is 0 Å². The van der Waals surface area contributed by atoms with Crippen LogP contribution < -0.4 is 0 Å². The van der Waals surface area contributed by atoms with Gasteiger partial charge in [-0.1, -0.05) is 24.3 Å². The van der Waals surface area contributed by atoms with E-state index in [1.807, 2.05) is 0 Å². The highest BCUT2D eigenvalue weighted by atomic mass is 19.4. The Balaban J connectivity index is 1.92. The molecule has 0 aliphatic carbocycles. The van der Waals surface area contributed by atoms with E-state index in [2.05, 4.69) is 0 Å². The van der Waals surface area contributed by atoms with Crippen LogP contribution in [-0.4, -0.2) is 40.8 Å². The van der Waals surface area contributed by atoms with Gasteiger partial charge in [-0.05, 0) is 11.5 Å². The maximum absolute atomic E-state index is 13.9. The first-order valence-corrected chi connectivity index (χ1v) is 8.06. The van der Waals surface area contributed by atoms with E-state index in [1.165, 1.54) is 17.6 Å². The zero-order chi connectivity index (χ0) is 21.1. The molecule has 152 valence electrons. The summed E-state index contributed by atoms with van der Waals surface area (Å²) in [6.07, 6.45) is -8.70. The van der Waals surface area contributed by atoms with Gasteiger partial charge >= 0.3 is 23.9 Å². The zero-order valence-electron chi connectivity index (χ0n) is 14.2. The second-order valence-corrected chi connectivity index (χ2v) is 6.52. The first kappa shape index (κ1) is 20.5. The number of rotatable bonds is 5. The normalized spacial score (nSPS) is 15.6. The van der Waals surface area contributed by atoms with E-state index >= 15 is 0 Å². The molecule has 1 nitrogen and oxygen atoms in total. The van der Waals surface area contributed by atoms with Crippen molar-refractivity contribution >= 4 is 22.2 Å². The van der Waals surface area contributed by atoms with Crippen molar-refractivity contribution in [1.29, 1.82) is 0 Å². The molecule has 0 bridgehead atoms. The number of hydrogen-bond acceptors (Lipinski definition) is 0. The highest BCUT2D eigenvalue weighted by molar-refractivity contribution is 6.14. The maximum Gasteiger partial charge on any atom is 0.460 e. The first-order chi connectivity index (χ1) is 12.7. The minimum absolute atomic E-state index is 0.396. The Morgan fingerprint density at radius 2 is 1.36 bits per heavy atom. The Morgan fingerprint density at radius 1 is 0.786 bits per heavy atom. The lowest BCUT2D eigenvalue weighted by molar-refractivity contribution is -0.453. The molecule has 0 amide bonds. The van der Waals surface area contributed by atoms with Crippen LogP contribution in [0, 0.1) is 0 Å². The van der Waals surface area contributed by atoms with Crippen LogP contribution in [0.2, 0.25) is 0 Å². The quantitative estimate of drug-likeness (QED) is 0.407. The maximum atomic E-state index is 13.9. The molecule has 0 saturated heterocycles. The lowest BCUT2D eigenvalue weighted by Crippen LogP contribution is -2.61. The van der Waals surface area contributed by atoms with Crippen LogP contribution in [0.1, 0.15) is 18.9 Å². The molecule has 10 heteroatoms. The fraction of sp³-hybridized carbons (Fsp3) is 0.389. The molecule has 0 unspecified atom stereocenters. The number of halogens is 9. The molecular weight excluding hydrogens is 401 g/mol. The molecular formula is C18H13F9N+. The Morgan fingerprint density at radius 3 is 1.93 bits per heavy atom. The van der Waals surface area contributed by atoms with Gasteiger partial charge in [-0.3, -0.25) is 0 Å². The van der Waals surface area contributed by atoms with Gasteiger partial charge in [0.15, 0.2) is 12.3 Å². The zero-order valence-corrected chi connectivity index (χ0v) is 14.2. The van der Waals surface area contributed by atoms with Crippen molar-refractivity contribution < 1.29 is 44.1 Å². The first-order valence-electron chi connectivity index (χ1n) is 8.06. The second kappa shape index (κ2) is 6.12. The molecule has 0 aromatic heterocycles. The fourth-order valence-electron chi connectivity index (χ4n) is 3.28. The largest absolute Gasteiger partial charge is 0.460 e. The Hall–Kier alpha value is -2.26. The van der Waals surface area contributed by atoms with E-state index in [0.717, 1.165) is 5.39 Å². The standard InChI is InChI=1S/C18H13F9N/c1-10-12-6-2-4-11-5-3-7-13(14(11)12)28(10)9-8-15(19,20)16(21,22)17(23,24)18(25,26)27/h2-7H,8-9H2,1H3/q+1. The molecule has 0 saturated carbocycles. The average Bonchev–Trinajstić information content (AvgIpc) is 2.86. The molecule has 2 aromatic rings. The summed E-state index contributed by atoms with van der Waals surface area (Å²) in [4.78, 5) is 0. The van der Waals surface area contributed by atoms with Gasteiger partial charge in [0.1, 0.15) is 0 Å². The summed E-state index contributed by atoms with van der Waals surface area (Å²) in [7, 11) is 0. The van der Waals surface area contributed by atoms with E-state index in [-0.39, 0.29) is 0 Å². The molecule has 1 heterocycles. The predicted octanol–water partition coefficient (Wildman–Crippen LogP) is 6.16. The lowest BCUT2D eigenvalue weighted by Gasteiger charge is -2.33. The Labute approximate surface area is 153 Å². The third-order valence-corrected chi connectivity index (χ3v) is 4.83. The van der Waals surface area contributed by atoms with Crippen molar-refractivity contribution in [1.82, 2.24) is 0 Å². The molecule has 28 heavy (non-hydrogen) atoms. The van der Waals surface area contributed by atoms with Gasteiger partial charge < -0.3 is 0 Å². The minimum atomic E-state index is -6.86. The van der Waals surface area contributed by atoms with Crippen molar-refractivity contribution in [3.05, 3.63) is 42.0 Å². The number of benzene rings is 2. The van der Waals surface area contributed by atoms with Crippen LogP contribution in [0.3, 0.4) is 0 Å². The van der Waals surface area contributed by atoms with Crippen LogP contribution >= 0.6 is 0 Å². The van der Waals surface area contributed by atoms with E-state index in [4.69, 9.17) is 0 Å². The topological polar surface area (TPSA) is 3.01 Å². The van der Waals surface area contributed by atoms with Crippen molar-refractivity contribution in [2.45, 2.75) is 37.3 Å². The van der Waals surface area contributed by atoms with Crippen LogP contribution in [-0.2, 0) is 0 Å². The Kier molecular flexibility index (Phi) is 4.47. The summed E-state index contributed by atoms with van der Waals surface area (Å²) in [5, 5.41) is 1.41. The summed E-state index contributed by atoms with van der Waals surface area (Å²) in [5.74, 6) is -19.0. The summed E-state index contributed by atoms with van der Waals surface area (Å²) >= 11 is 0. The number of alkyl halides is 9. The third-order valence-electron chi connectivity index (χ3n) is 4.83. The highest BCUT2D eigenvalue weighted by Crippen LogP contribution is 2.54. The van der Waals surface area contributed by atoms with Crippen LogP contribution in [0.5, 0.6) is 0 Å². The van der Waals surface area contributed by atoms with Gasteiger partial charge in [-0.15, -0.1) is 0 Å². The van der Waals surface area contributed by atoms with E-state index < -0.39 is 36.9 Å². The summed E-state index contributed by atoms with van der Waals surface area (Å²) in [5.41, 5.74) is 1.45. The SMILES string of the molecule is CC1=[N+](CCC(F)(F)C(F)(F)C(F)(F)C(F)(F)F)c2cccc3cccc1c23. The van der Waals surface area contributed by atoms with E-state index in [1.54, 1.807) is 30.3 Å². The lowest BCUT2D eigenvalue weighted by atomic mass is 10.0. The summed E-state index contributed by atoms with van der Waals surface area (Å²) < 4.78 is 119. The Bertz CT molecular complexity index is 952. The molecule has 0 fully saturated rings. The fourth-order valence-corrected chi connectivity index (χ4v) is 3.28. The molecule has 0 N–H and O–H groups in total. The van der Waals surface area contributed by atoms with Gasteiger partial charge in [0.25, 0.3) is 0 Å². The monoisotopic (exact) mass is 414 g/mol. The molecule has 0 radical (unpaired) electrons. The van der Waals surface area contributed by atoms with Gasteiger partial charge in [0.05, 0.1) is 17.4 Å². The second-order valence-electron chi connectivity index (χ2n) is 6.52.